The maximum absolute atomic E-state index is 12.2. The highest BCUT2D eigenvalue weighted by Gasteiger charge is 2.51. The minimum absolute atomic E-state index is 0.113. The number of ether oxygens (including phenoxy) is 1. The first kappa shape index (κ1) is 19.8. The average Bonchev–Trinajstić information content (AvgIpc) is 2.69. The Bertz CT molecular complexity index is 730. The lowest BCUT2D eigenvalue weighted by molar-refractivity contribution is -0.472. The van der Waals surface area contributed by atoms with Crippen molar-refractivity contribution in [3.63, 3.8) is 0 Å². The van der Waals surface area contributed by atoms with Crippen LogP contribution in [0.4, 0.5) is 0 Å². The first-order valence-corrected chi connectivity index (χ1v) is 11.2. The number of benzene rings is 3. The van der Waals surface area contributed by atoms with Crippen LogP contribution in [0.3, 0.4) is 0 Å². The van der Waals surface area contributed by atoms with Gasteiger partial charge in [-0.2, -0.15) is 0 Å². The first-order chi connectivity index (χ1) is 12.9. The summed E-state index contributed by atoms with van der Waals surface area (Å²) in [5.41, 5.74) is -1.12. The molecule has 0 amide bonds. The molecule has 3 aromatic carbocycles. The lowest BCUT2D eigenvalue weighted by Gasteiger charge is -2.37. The molecular formula is C24H27O2P. The normalized spacial score (nSPS) is 13.3. The van der Waals surface area contributed by atoms with E-state index in [1.54, 1.807) is 13.8 Å². The van der Waals surface area contributed by atoms with Crippen molar-refractivity contribution in [2.45, 2.75) is 32.2 Å². The van der Waals surface area contributed by atoms with Crippen LogP contribution in [0.2, 0.25) is 0 Å². The van der Waals surface area contributed by atoms with E-state index in [1.165, 1.54) is 15.9 Å². The number of rotatable bonds is 7. The summed E-state index contributed by atoms with van der Waals surface area (Å²) in [5.74, 6) is -0.113. The summed E-state index contributed by atoms with van der Waals surface area (Å²) in [7, 11) is -2.09. The second kappa shape index (κ2) is 8.35. The molecule has 3 aromatic rings. The zero-order valence-electron chi connectivity index (χ0n) is 16.2. The molecule has 27 heavy (non-hydrogen) atoms. The molecule has 0 saturated carbocycles. The Morgan fingerprint density at radius 2 is 1.07 bits per heavy atom. The summed E-state index contributed by atoms with van der Waals surface area (Å²) < 4.78 is 6.27. The van der Waals surface area contributed by atoms with Crippen LogP contribution in [0.5, 0.6) is 0 Å². The van der Waals surface area contributed by atoms with E-state index in [1.807, 2.05) is 18.2 Å². The van der Waals surface area contributed by atoms with Gasteiger partial charge in [0.2, 0.25) is 0 Å². The first-order valence-electron chi connectivity index (χ1n) is 9.32. The Balaban J connectivity index is 2.23. The molecule has 3 heteroatoms. The topological polar surface area (TPSA) is 32.3 Å². The van der Waals surface area contributed by atoms with E-state index in [2.05, 4.69) is 79.7 Å². The van der Waals surface area contributed by atoms with Gasteiger partial charge in [0.05, 0.1) is 0 Å². The minimum Gasteiger partial charge on any atom is -0.848 e. The third-order valence-electron chi connectivity index (χ3n) is 4.71. The van der Waals surface area contributed by atoms with Gasteiger partial charge in [0.25, 0.3) is 0 Å². The van der Waals surface area contributed by atoms with E-state index in [0.29, 0.717) is 0 Å². The second-order valence-electron chi connectivity index (χ2n) is 7.40. The summed E-state index contributed by atoms with van der Waals surface area (Å²) in [4.78, 5) is 0. The van der Waals surface area contributed by atoms with Gasteiger partial charge in [-0.3, -0.25) is 0 Å². The molecule has 0 N–H and O–H groups in total. The predicted octanol–water partition coefficient (Wildman–Crippen LogP) is 3.48. The number of hydrogen-bond donors (Lipinski definition) is 0. The summed E-state index contributed by atoms with van der Waals surface area (Å²) in [6, 6.07) is 31.8. The molecule has 0 radical (unpaired) electrons. The van der Waals surface area contributed by atoms with E-state index in [4.69, 9.17) is 4.74 Å². The highest BCUT2D eigenvalue weighted by atomic mass is 31.2. The summed E-state index contributed by atoms with van der Waals surface area (Å²) >= 11 is 0. The Hall–Kier alpha value is -1.99. The molecule has 0 aliphatic heterocycles. The van der Waals surface area contributed by atoms with Crippen molar-refractivity contribution >= 4 is 23.2 Å². The van der Waals surface area contributed by atoms with Gasteiger partial charge in [0.15, 0.2) is 5.85 Å². The minimum atomic E-state index is -2.09. The van der Waals surface area contributed by atoms with Gasteiger partial charge in [0, 0.05) is 6.61 Å². The maximum atomic E-state index is 12.2. The van der Waals surface area contributed by atoms with Crippen LogP contribution in [-0.2, 0) is 4.74 Å². The second-order valence-corrected chi connectivity index (χ2v) is 11.1. The Labute approximate surface area is 163 Å². The Morgan fingerprint density at radius 1 is 0.741 bits per heavy atom. The van der Waals surface area contributed by atoms with Crippen LogP contribution in [0.15, 0.2) is 91.0 Å². The lowest BCUT2D eigenvalue weighted by Crippen LogP contribution is -2.45. The van der Waals surface area contributed by atoms with Gasteiger partial charge in [-0.1, -0.05) is 74.0 Å². The quantitative estimate of drug-likeness (QED) is 0.590. The summed E-state index contributed by atoms with van der Waals surface area (Å²) in [6.45, 7) is 5.65. The largest absolute Gasteiger partial charge is 0.848 e. The van der Waals surface area contributed by atoms with E-state index in [0.717, 1.165) is 0 Å². The molecule has 140 valence electrons. The van der Waals surface area contributed by atoms with Crippen LogP contribution in [-0.4, -0.2) is 18.1 Å². The van der Waals surface area contributed by atoms with Gasteiger partial charge in [-0.25, -0.2) is 0 Å². The van der Waals surface area contributed by atoms with Crippen molar-refractivity contribution < 1.29 is 9.84 Å². The Morgan fingerprint density at radius 3 is 1.37 bits per heavy atom. The fourth-order valence-corrected chi connectivity index (χ4v) is 7.88. The lowest BCUT2D eigenvalue weighted by atomic mass is 10.2. The molecule has 0 aliphatic rings. The summed E-state index contributed by atoms with van der Waals surface area (Å²) in [5, 5.41) is 16.0. The molecule has 1 atom stereocenters. The zero-order chi connectivity index (χ0) is 19.3. The predicted molar refractivity (Wildman–Crippen MR) is 115 cm³/mol. The Kier molecular flexibility index (Phi) is 6.11. The van der Waals surface area contributed by atoms with Crippen molar-refractivity contribution in [3.05, 3.63) is 91.0 Å². The molecule has 0 aromatic heterocycles. The molecular weight excluding hydrogens is 351 g/mol. The standard InChI is InChI=1S/C24H27O2P/c1-20(26-19-24(2,3)25)27(21-13-7-4-8-14-21,22-15-9-5-10-16-22)23-17-11-6-12-18-23/h4-18,20H,19H2,1-3H3. The van der Waals surface area contributed by atoms with Crippen LogP contribution in [0, 0.1) is 0 Å². The van der Waals surface area contributed by atoms with Crippen molar-refractivity contribution in [2.24, 2.45) is 0 Å². The highest BCUT2D eigenvalue weighted by molar-refractivity contribution is 7.96. The summed E-state index contributed by atoms with van der Waals surface area (Å²) in [6.07, 6.45) is 0. The van der Waals surface area contributed by atoms with E-state index in [-0.39, 0.29) is 12.5 Å². The molecule has 0 heterocycles. The van der Waals surface area contributed by atoms with Crippen LogP contribution >= 0.6 is 7.26 Å². The van der Waals surface area contributed by atoms with Gasteiger partial charge < -0.3 is 9.84 Å². The smallest absolute Gasteiger partial charge is 0.178 e. The van der Waals surface area contributed by atoms with Gasteiger partial charge >= 0.3 is 0 Å². The van der Waals surface area contributed by atoms with Crippen LogP contribution in [0.1, 0.15) is 20.8 Å². The average molecular weight is 378 g/mol. The molecule has 0 aliphatic carbocycles. The molecule has 1 unspecified atom stereocenters. The SMILES string of the molecule is CC(OCC(C)(C)[O-])[P+](c1ccccc1)(c1ccccc1)c1ccccc1. The zero-order valence-corrected chi connectivity index (χ0v) is 17.1. The van der Waals surface area contributed by atoms with Gasteiger partial charge in [0.1, 0.15) is 23.2 Å². The highest BCUT2D eigenvalue weighted by Crippen LogP contribution is 2.59. The monoisotopic (exact) mass is 378 g/mol. The van der Waals surface area contributed by atoms with E-state index < -0.39 is 12.9 Å². The third-order valence-corrected chi connectivity index (χ3v) is 9.29. The van der Waals surface area contributed by atoms with Crippen molar-refractivity contribution in [1.82, 2.24) is 0 Å². The van der Waals surface area contributed by atoms with Gasteiger partial charge in [-0.05, 0) is 43.3 Å². The van der Waals surface area contributed by atoms with Crippen LogP contribution in [0.25, 0.3) is 0 Å². The van der Waals surface area contributed by atoms with E-state index in [9.17, 15) is 5.11 Å². The molecule has 2 nitrogen and oxygen atoms in total. The fourth-order valence-electron chi connectivity index (χ4n) is 3.50. The van der Waals surface area contributed by atoms with Crippen molar-refractivity contribution in [3.8, 4) is 0 Å². The van der Waals surface area contributed by atoms with Crippen LogP contribution < -0.4 is 21.0 Å². The maximum Gasteiger partial charge on any atom is 0.178 e. The molecule has 0 spiro atoms. The molecule has 3 rings (SSSR count). The van der Waals surface area contributed by atoms with Crippen molar-refractivity contribution in [2.75, 3.05) is 6.61 Å². The molecule has 0 saturated heterocycles. The number of hydrogen-bond acceptors (Lipinski definition) is 2. The molecule has 0 bridgehead atoms. The van der Waals surface area contributed by atoms with E-state index >= 15 is 0 Å². The molecule has 0 fully saturated rings. The van der Waals surface area contributed by atoms with Crippen molar-refractivity contribution in [1.29, 1.82) is 0 Å². The fraction of sp³-hybridized carbons (Fsp3) is 0.250. The third kappa shape index (κ3) is 4.30. The van der Waals surface area contributed by atoms with Gasteiger partial charge in [-0.15, -0.1) is 0 Å².